The standard InChI is InChI=1S/C15H21N5O/c1-5-20(12-9-7-6-8-10(12)2)15-13(14(16)18-21)11(3)17-19(15)4/h6-9,21H,5H2,1-4H3,(H2,16,18). The molecule has 0 atom stereocenters. The second-order valence-corrected chi connectivity index (χ2v) is 4.92. The predicted molar refractivity (Wildman–Crippen MR) is 84.3 cm³/mol. The molecule has 1 aromatic carbocycles. The monoisotopic (exact) mass is 287 g/mol. The largest absolute Gasteiger partial charge is 0.409 e. The van der Waals surface area contributed by atoms with Crippen molar-refractivity contribution in [2.45, 2.75) is 20.8 Å². The number of oxime groups is 1. The molecule has 0 fully saturated rings. The van der Waals surface area contributed by atoms with Gasteiger partial charge in [0.25, 0.3) is 0 Å². The van der Waals surface area contributed by atoms with E-state index in [4.69, 9.17) is 10.9 Å². The average molecular weight is 287 g/mol. The number of rotatable bonds is 4. The van der Waals surface area contributed by atoms with Gasteiger partial charge in [0, 0.05) is 19.3 Å². The van der Waals surface area contributed by atoms with Crippen LogP contribution < -0.4 is 10.6 Å². The first kappa shape index (κ1) is 14.9. The minimum Gasteiger partial charge on any atom is -0.409 e. The van der Waals surface area contributed by atoms with E-state index in [1.807, 2.05) is 26.1 Å². The molecule has 2 aromatic rings. The molecule has 0 aliphatic heterocycles. The van der Waals surface area contributed by atoms with E-state index in [0.717, 1.165) is 29.3 Å². The fourth-order valence-electron chi connectivity index (χ4n) is 2.61. The van der Waals surface area contributed by atoms with Gasteiger partial charge in [-0.3, -0.25) is 4.68 Å². The summed E-state index contributed by atoms with van der Waals surface area (Å²) in [7, 11) is 1.86. The van der Waals surface area contributed by atoms with Crippen LogP contribution in [0.3, 0.4) is 0 Å². The molecular weight excluding hydrogens is 266 g/mol. The van der Waals surface area contributed by atoms with Crippen LogP contribution >= 0.6 is 0 Å². The van der Waals surface area contributed by atoms with Crippen LogP contribution in [-0.4, -0.2) is 27.4 Å². The van der Waals surface area contributed by atoms with E-state index in [0.29, 0.717) is 5.56 Å². The van der Waals surface area contributed by atoms with Gasteiger partial charge in [0.05, 0.1) is 11.3 Å². The molecule has 0 aliphatic carbocycles. The van der Waals surface area contributed by atoms with Crippen LogP contribution in [0.25, 0.3) is 0 Å². The minimum absolute atomic E-state index is 0.0719. The van der Waals surface area contributed by atoms with Crippen molar-refractivity contribution in [1.82, 2.24) is 9.78 Å². The van der Waals surface area contributed by atoms with Gasteiger partial charge < -0.3 is 15.8 Å². The lowest BCUT2D eigenvalue weighted by Gasteiger charge is -2.26. The quantitative estimate of drug-likeness (QED) is 0.391. The maximum absolute atomic E-state index is 9.03. The highest BCUT2D eigenvalue weighted by molar-refractivity contribution is 6.03. The van der Waals surface area contributed by atoms with E-state index in [1.165, 1.54) is 0 Å². The lowest BCUT2D eigenvalue weighted by atomic mass is 10.1. The van der Waals surface area contributed by atoms with Crippen LogP contribution in [0.15, 0.2) is 29.4 Å². The Bertz CT molecular complexity index is 675. The molecule has 0 amide bonds. The summed E-state index contributed by atoms with van der Waals surface area (Å²) in [5.41, 5.74) is 9.46. The topological polar surface area (TPSA) is 79.7 Å². The molecule has 1 aromatic heterocycles. The van der Waals surface area contributed by atoms with Crippen LogP contribution in [0.4, 0.5) is 11.5 Å². The molecule has 0 aliphatic rings. The van der Waals surface area contributed by atoms with E-state index >= 15 is 0 Å². The Kier molecular flexibility index (Phi) is 4.16. The summed E-state index contributed by atoms with van der Waals surface area (Å²) in [6, 6.07) is 8.12. The van der Waals surface area contributed by atoms with Crippen molar-refractivity contribution in [3.05, 3.63) is 41.1 Å². The molecule has 0 bridgehead atoms. The minimum atomic E-state index is 0.0719. The van der Waals surface area contributed by atoms with Crippen molar-refractivity contribution in [3.63, 3.8) is 0 Å². The van der Waals surface area contributed by atoms with Crippen molar-refractivity contribution >= 4 is 17.3 Å². The predicted octanol–water partition coefficient (Wildman–Crippen LogP) is 2.29. The van der Waals surface area contributed by atoms with Gasteiger partial charge in [-0.1, -0.05) is 23.4 Å². The molecule has 2 rings (SSSR count). The molecule has 6 heteroatoms. The van der Waals surface area contributed by atoms with Gasteiger partial charge in [0.15, 0.2) is 5.84 Å². The Morgan fingerprint density at radius 3 is 2.62 bits per heavy atom. The van der Waals surface area contributed by atoms with Crippen LogP contribution in [0, 0.1) is 13.8 Å². The molecule has 0 unspecified atom stereocenters. The van der Waals surface area contributed by atoms with Gasteiger partial charge in [0.1, 0.15) is 5.82 Å². The smallest absolute Gasteiger partial charge is 0.175 e. The van der Waals surface area contributed by atoms with Gasteiger partial charge in [-0.15, -0.1) is 0 Å². The molecule has 6 nitrogen and oxygen atoms in total. The molecule has 21 heavy (non-hydrogen) atoms. The summed E-state index contributed by atoms with van der Waals surface area (Å²) in [5.74, 6) is 0.891. The number of amidine groups is 1. The Labute approximate surface area is 124 Å². The maximum Gasteiger partial charge on any atom is 0.175 e. The molecule has 0 radical (unpaired) electrons. The Balaban J connectivity index is 2.67. The Morgan fingerprint density at radius 2 is 2.05 bits per heavy atom. The number of benzene rings is 1. The van der Waals surface area contributed by atoms with Crippen molar-refractivity contribution in [2.24, 2.45) is 17.9 Å². The number of anilines is 2. The fraction of sp³-hybridized carbons (Fsp3) is 0.333. The molecule has 3 N–H and O–H groups in total. The van der Waals surface area contributed by atoms with E-state index in [-0.39, 0.29) is 5.84 Å². The molecule has 0 saturated carbocycles. The van der Waals surface area contributed by atoms with E-state index < -0.39 is 0 Å². The first-order valence-electron chi connectivity index (χ1n) is 6.85. The molecule has 1 heterocycles. The van der Waals surface area contributed by atoms with Crippen molar-refractivity contribution in [3.8, 4) is 0 Å². The third-order valence-electron chi connectivity index (χ3n) is 3.53. The number of nitrogens with two attached hydrogens (primary N) is 1. The van der Waals surface area contributed by atoms with Crippen LogP contribution in [0.5, 0.6) is 0 Å². The highest BCUT2D eigenvalue weighted by Gasteiger charge is 2.23. The second-order valence-electron chi connectivity index (χ2n) is 4.92. The average Bonchev–Trinajstić information content (AvgIpc) is 2.76. The maximum atomic E-state index is 9.03. The SMILES string of the molecule is CCN(c1ccccc1C)c1c(C(N)=NO)c(C)nn1C. The van der Waals surface area contributed by atoms with Gasteiger partial charge >= 0.3 is 0 Å². The molecule has 112 valence electrons. The number of aryl methyl sites for hydroxylation is 3. The van der Waals surface area contributed by atoms with Gasteiger partial charge in [-0.2, -0.15) is 5.10 Å². The first-order valence-corrected chi connectivity index (χ1v) is 6.85. The molecule has 0 spiro atoms. The van der Waals surface area contributed by atoms with Gasteiger partial charge in [0.2, 0.25) is 0 Å². The van der Waals surface area contributed by atoms with Crippen molar-refractivity contribution in [2.75, 3.05) is 11.4 Å². The summed E-state index contributed by atoms with van der Waals surface area (Å²) in [5, 5.41) is 16.6. The third-order valence-corrected chi connectivity index (χ3v) is 3.53. The summed E-state index contributed by atoms with van der Waals surface area (Å²) >= 11 is 0. The number of hydrogen-bond donors (Lipinski definition) is 2. The Morgan fingerprint density at radius 1 is 1.38 bits per heavy atom. The lowest BCUT2D eigenvalue weighted by Crippen LogP contribution is -2.24. The Hall–Kier alpha value is -2.50. The zero-order chi connectivity index (χ0) is 15.6. The van der Waals surface area contributed by atoms with Crippen LogP contribution in [0.2, 0.25) is 0 Å². The number of para-hydroxylation sites is 1. The number of aromatic nitrogens is 2. The highest BCUT2D eigenvalue weighted by Crippen LogP contribution is 2.31. The second kappa shape index (κ2) is 5.87. The summed E-state index contributed by atoms with van der Waals surface area (Å²) < 4.78 is 1.76. The zero-order valence-electron chi connectivity index (χ0n) is 12.8. The van der Waals surface area contributed by atoms with E-state index in [9.17, 15) is 0 Å². The zero-order valence-corrected chi connectivity index (χ0v) is 12.8. The lowest BCUT2D eigenvalue weighted by molar-refractivity contribution is 0.318. The third kappa shape index (κ3) is 2.56. The van der Waals surface area contributed by atoms with Crippen molar-refractivity contribution < 1.29 is 5.21 Å². The van der Waals surface area contributed by atoms with Crippen LogP contribution in [0.1, 0.15) is 23.7 Å². The fourth-order valence-corrected chi connectivity index (χ4v) is 2.61. The molecule has 0 saturated heterocycles. The van der Waals surface area contributed by atoms with Crippen molar-refractivity contribution in [1.29, 1.82) is 0 Å². The van der Waals surface area contributed by atoms with Crippen LogP contribution in [-0.2, 0) is 7.05 Å². The van der Waals surface area contributed by atoms with E-state index in [1.54, 1.807) is 4.68 Å². The van der Waals surface area contributed by atoms with Gasteiger partial charge in [-0.05, 0) is 32.4 Å². The summed E-state index contributed by atoms with van der Waals surface area (Å²) in [6.45, 7) is 6.72. The van der Waals surface area contributed by atoms with Gasteiger partial charge in [-0.25, -0.2) is 0 Å². The highest BCUT2D eigenvalue weighted by atomic mass is 16.4. The normalized spacial score (nSPS) is 11.7. The first-order chi connectivity index (χ1) is 10.0. The summed E-state index contributed by atoms with van der Waals surface area (Å²) in [4.78, 5) is 2.11. The number of nitrogens with zero attached hydrogens (tertiary/aromatic N) is 4. The molecular formula is C15H21N5O. The van der Waals surface area contributed by atoms with E-state index in [2.05, 4.69) is 41.1 Å². The number of hydrogen-bond acceptors (Lipinski definition) is 4. The summed E-state index contributed by atoms with van der Waals surface area (Å²) in [6.07, 6.45) is 0.